The van der Waals surface area contributed by atoms with E-state index in [0.717, 1.165) is 5.56 Å². The second-order valence-corrected chi connectivity index (χ2v) is 11.0. The number of aliphatic hydroxyl groups excluding tert-OH is 1. The summed E-state index contributed by atoms with van der Waals surface area (Å²) in [7, 11) is 0. The maximum absolute atomic E-state index is 14.3. The number of aliphatic hydroxyl groups is 1. The quantitative estimate of drug-likeness (QED) is 0.418. The third-order valence-corrected chi connectivity index (χ3v) is 8.35. The van der Waals surface area contributed by atoms with Crippen LogP contribution >= 0.6 is 0 Å². The fourth-order valence-corrected chi connectivity index (χ4v) is 6.40. The van der Waals surface area contributed by atoms with Gasteiger partial charge in [-0.3, -0.25) is 19.2 Å². The van der Waals surface area contributed by atoms with Gasteiger partial charge in [-0.05, 0) is 25.3 Å². The van der Waals surface area contributed by atoms with E-state index in [1.54, 1.807) is 30.1 Å². The molecular formula is C30H37N3O7. The van der Waals surface area contributed by atoms with Gasteiger partial charge in [0.25, 0.3) is 0 Å². The van der Waals surface area contributed by atoms with Crippen molar-refractivity contribution < 1.29 is 33.8 Å². The number of esters is 1. The molecule has 40 heavy (non-hydrogen) atoms. The average molecular weight is 552 g/mol. The second kappa shape index (κ2) is 11.5. The van der Waals surface area contributed by atoms with Gasteiger partial charge in [-0.2, -0.15) is 0 Å². The Hall–Kier alpha value is -3.50. The molecule has 214 valence electrons. The number of likely N-dealkylation sites (tertiary alicyclic amines) is 1. The number of nitrogens with one attached hydrogen (secondary N) is 1. The number of nitrogens with zero attached hydrogens (tertiary/aromatic N) is 2. The summed E-state index contributed by atoms with van der Waals surface area (Å²) in [6.45, 7) is 4.00. The fraction of sp³-hybridized carbons (Fsp3) is 0.533. The third kappa shape index (κ3) is 4.94. The van der Waals surface area contributed by atoms with Gasteiger partial charge < -0.3 is 29.7 Å². The standard InChI is InChI=1S/C30H37N3O7/c1-3-21(18-34)33-26-28(37)32(17-20-10-5-4-6-11-20)15-9-14-30(26)25(27(33)36)24-22(40-30)12-7-8-13-23(35)31-16-19(2)39-29(24)38/h4-7,9-12,14,19,21-22,24-26,34H,3,8,13,15-18H2,1-2H3,(H,31,35)/b12-7-/t19-,21+,22-,24+,25+,26-,30+/m1/s1. The van der Waals surface area contributed by atoms with Gasteiger partial charge in [0.2, 0.25) is 17.7 Å². The monoisotopic (exact) mass is 551 g/mol. The minimum absolute atomic E-state index is 0.149. The largest absolute Gasteiger partial charge is 0.460 e. The van der Waals surface area contributed by atoms with E-state index >= 15 is 0 Å². The van der Waals surface area contributed by atoms with Crippen molar-refractivity contribution >= 4 is 23.7 Å². The molecule has 0 bridgehead atoms. The molecule has 0 radical (unpaired) electrons. The number of allylic oxidation sites excluding steroid dienone is 1. The lowest BCUT2D eigenvalue weighted by Gasteiger charge is -2.38. The summed E-state index contributed by atoms with van der Waals surface area (Å²) in [4.78, 5) is 57.5. The number of cyclic esters (lactones) is 1. The zero-order chi connectivity index (χ0) is 28.4. The summed E-state index contributed by atoms with van der Waals surface area (Å²) in [5.74, 6) is -3.48. The number of hydrogen-bond donors (Lipinski definition) is 2. The van der Waals surface area contributed by atoms with Crippen molar-refractivity contribution in [2.45, 2.75) is 69.5 Å². The predicted octanol–water partition coefficient (Wildman–Crippen LogP) is 1.33. The molecule has 4 aliphatic heterocycles. The van der Waals surface area contributed by atoms with Crippen molar-refractivity contribution in [2.24, 2.45) is 11.8 Å². The van der Waals surface area contributed by atoms with Crippen LogP contribution in [0.25, 0.3) is 0 Å². The number of fused-ring (bicyclic) bond motifs is 2. The van der Waals surface area contributed by atoms with Crippen LogP contribution in [0.1, 0.15) is 38.7 Å². The second-order valence-electron chi connectivity index (χ2n) is 11.0. The molecule has 10 heteroatoms. The molecule has 7 atom stereocenters. The molecule has 5 rings (SSSR count). The number of hydrogen-bond acceptors (Lipinski definition) is 7. The zero-order valence-corrected chi connectivity index (χ0v) is 22.9. The summed E-state index contributed by atoms with van der Waals surface area (Å²) < 4.78 is 12.4. The number of ether oxygens (including phenoxy) is 2. The van der Waals surface area contributed by atoms with Gasteiger partial charge in [0, 0.05) is 19.5 Å². The van der Waals surface area contributed by atoms with E-state index in [1.807, 2.05) is 43.3 Å². The molecule has 3 amide bonds. The Kier molecular flexibility index (Phi) is 8.09. The molecule has 0 aromatic heterocycles. The molecule has 10 nitrogen and oxygen atoms in total. The summed E-state index contributed by atoms with van der Waals surface area (Å²) in [5, 5.41) is 13.0. The molecule has 0 unspecified atom stereocenters. The summed E-state index contributed by atoms with van der Waals surface area (Å²) >= 11 is 0. The minimum Gasteiger partial charge on any atom is -0.460 e. The van der Waals surface area contributed by atoms with E-state index in [4.69, 9.17) is 9.47 Å². The van der Waals surface area contributed by atoms with Crippen molar-refractivity contribution in [1.29, 1.82) is 0 Å². The van der Waals surface area contributed by atoms with Gasteiger partial charge in [-0.1, -0.05) is 61.6 Å². The average Bonchev–Trinajstić information content (AvgIpc) is 3.34. The summed E-state index contributed by atoms with van der Waals surface area (Å²) in [6, 6.07) is 7.91. The Balaban J connectivity index is 1.57. The highest BCUT2D eigenvalue weighted by Crippen LogP contribution is 2.53. The van der Waals surface area contributed by atoms with E-state index < -0.39 is 53.6 Å². The van der Waals surface area contributed by atoms with Crippen LogP contribution < -0.4 is 5.32 Å². The number of carbonyl (C=O) groups is 4. The number of carbonyl (C=O) groups excluding carboxylic acids is 4. The highest BCUT2D eigenvalue weighted by molar-refractivity contribution is 5.99. The molecular weight excluding hydrogens is 514 g/mol. The number of benzene rings is 1. The molecule has 1 aromatic rings. The fourth-order valence-electron chi connectivity index (χ4n) is 6.40. The van der Waals surface area contributed by atoms with Crippen LogP contribution in [0.2, 0.25) is 0 Å². The molecule has 0 aliphatic carbocycles. The lowest BCUT2D eigenvalue weighted by molar-refractivity contribution is -0.159. The van der Waals surface area contributed by atoms with Gasteiger partial charge in [-0.25, -0.2) is 0 Å². The van der Waals surface area contributed by atoms with Crippen LogP contribution in [0.3, 0.4) is 0 Å². The van der Waals surface area contributed by atoms with Gasteiger partial charge in [0.1, 0.15) is 23.7 Å². The molecule has 0 saturated carbocycles. The summed E-state index contributed by atoms with van der Waals surface area (Å²) in [6.07, 6.45) is 6.77. The molecule has 2 fully saturated rings. The van der Waals surface area contributed by atoms with Crippen molar-refractivity contribution in [3.8, 4) is 0 Å². The molecule has 2 saturated heterocycles. The van der Waals surface area contributed by atoms with Gasteiger partial charge >= 0.3 is 5.97 Å². The summed E-state index contributed by atoms with van der Waals surface area (Å²) in [5.41, 5.74) is -0.475. The van der Waals surface area contributed by atoms with Gasteiger partial charge in [0.05, 0.1) is 31.2 Å². The van der Waals surface area contributed by atoms with Crippen LogP contribution in [-0.4, -0.2) is 88.2 Å². The first kappa shape index (κ1) is 28.0. The van der Waals surface area contributed by atoms with E-state index in [0.29, 0.717) is 25.9 Å². The Bertz CT molecular complexity index is 1200. The highest BCUT2D eigenvalue weighted by Gasteiger charge is 2.72. The van der Waals surface area contributed by atoms with Crippen LogP contribution in [0.4, 0.5) is 0 Å². The zero-order valence-electron chi connectivity index (χ0n) is 22.9. The minimum atomic E-state index is -1.42. The van der Waals surface area contributed by atoms with E-state index in [1.165, 1.54) is 4.90 Å². The number of amides is 3. The third-order valence-electron chi connectivity index (χ3n) is 8.35. The molecule has 1 spiro atoms. The first-order valence-corrected chi connectivity index (χ1v) is 14.1. The Morgan fingerprint density at radius 2 is 1.90 bits per heavy atom. The topological polar surface area (TPSA) is 125 Å². The van der Waals surface area contributed by atoms with E-state index in [-0.39, 0.29) is 31.4 Å². The smallest absolute Gasteiger partial charge is 0.313 e. The van der Waals surface area contributed by atoms with Crippen molar-refractivity contribution in [1.82, 2.24) is 15.1 Å². The molecule has 4 heterocycles. The van der Waals surface area contributed by atoms with Gasteiger partial charge in [0.15, 0.2) is 0 Å². The Morgan fingerprint density at radius 3 is 2.62 bits per heavy atom. The van der Waals surface area contributed by atoms with Crippen molar-refractivity contribution in [3.63, 3.8) is 0 Å². The lowest BCUT2D eigenvalue weighted by Crippen LogP contribution is -2.57. The van der Waals surface area contributed by atoms with E-state index in [2.05, 4.69) is 5.32 Å². The number of rotatable bonds is 5. The normalized spacial score (nSPS) is 34.0. The van der Waals surface area contributed by atoms with E-state index in [9.17, 15) is 24.3 Å². The van der Waals surface area contributed by atoms with Crippen molar-refractivity contribution in [3.05, 3.63) is 60.2 Å². The lowest BCUT2D eigenvalue weighted by atomic mass is 9.78. The first-order chi connectivity index (χ1) is 19.3. The Labute approximate surface area is 234 Å². The molecule has 1 aromatic carbocycles. The predicted molar refractivity (Wildman–Crippen MR) is 144 cm³/mol. The highest BCUT2D eigenvalue weighted by atomic mass is 16.6. The molecule has 4 aliphatic rings. The van der Waals surface area contributed by atoms with Crippen LogP contribution in [-0.2, 0) is 35.2 Å². The van der Waals surface area contributed by atoms with Crippen LogP contribution in [0.15, 0.2) is 54.6 Å². The van der Waals surface area contributed by atoms with Gasteiger partial charge in [-0.15, -0.1) is 0 Å². The van der Waals surface area contributed by atoms with Crippen LogP contribution in [0.5, 0.6) is 0 Å². The first-order valence-electron chi connectivity index (χ1n) is 14.1. The SMILES string of the molecule is CC[C@@H](CO)N1C(=O)[C@@H]2[C@H]3C(=O)O[C@H](C)CNC(=O)CC/C=C\[C@H]3O[C@@]23C=CCN(Cc2ccccc2)C(=O)[C@@H]13. The van der Waals surface area contributed by atoms with Crippen LogP contribution in [0, 0.1) is 11.8 Å². The van der Waals surface area contributed by atoms with Crippen molar-refractivity contribution in [2.75, 3.05) is 19.7 Å². The molecule has 2 N–H and O–H groups in total. The maximum Gasteiger partial charge on any atom is 0.313 e. The maximum atomic E-state index is 14.3. The Morgan fingerprint density at radius 1 is 1.12 bits per heavy atom.